The Balaban J connectivity index is 2.09. The fraction of sp³-hybridized carbons (Fsp3) is 0.700. The van der Waals surface area contributed by atoms with Crippen molar-refractivity contribution < 1.29 is 0 Å². The summed E-state index contributed by atoms with van der Waals surface area (Å²) in [5, 5.41) is 7.28. The van der Waals surface area contributed by atoms with Crippen molar-refractivity contribution in [3.63, 3.8) is 0 Å². The van der Waals surface area contributed by atoms with Gasteiger partial charge in [-0.25, -0.2) is 0 Å². The number of anilines is 1. The Hall–Kier alpha value is -1.03. The van der Waals surface area contributed by atoms with Crippen LogP contribution >= 0.6 is 0 Å². The summed E-state index contributed by atoms with van der Waals surface area (Å²) in [6.45, 7) is 3.92. The SMILES string of the molecule is Cc1cc(N2CCCC2CCN)n[nH]1. The van der Waals surface area contributed by atoms with Crippen LogP contribution in [0.25, 0.3) is 0 Å². The van der Waals surface area contributed by atoms with Crippen LogP contribution in [-0.4, -0.2) is 29.3 Å². The van der Waals surface area contributed by atoms with Crippen LogP contribution in [0, 0.1) is 6.92 Å². The number of nitrogens with one attached hydrogen (secondary N) is 1. The molecular formula is C10H18N4. The van der Waals surface area contributed by atoms with E-state index >= 15 is 0 Å². The molecule has 1 aliphatic rings. The molecule has 1 saturated heterocycles. The van der Waals surface area contributed by atoms with E-state index in [1.807, 2.05) is 6.92 Å². The summed E-state index contributed by atoms with van der Waals surface area (Å²) in [7, 11) is 0. The standard InChI is InChI=1S/C10H18N4/c1-8-7-10(13-12-8)14-6-2-3-9(14)4-5-11/h7,9H,2-6,11H2,1H3,(H,12,13). The molecule has 2 rings (SSSR count). The van der Waals surface area contributed by atoms with Gasteiger partial charge in [-0.1, -0.05) is 0 Å². The number of hydrogen-bond acceptors (Lipinski definition) is 3. The van der Waals surface area contributed by atoms with Crippen molar-refractivity contribution in [1.82, 2.24) is 10.2 Å². The largest absolute Gasteiger partial charge is 0.352 e. The number of rotatable bonds is 3. The first-order valence-corrected chi connectivity index (χ1v) is 5.30. The summed E-state index contributed by atoms with van der Waals surface area (Å²) < 4.78 is 0. The van der Waals surface area contributed by atoms with Crippen LogP contribution in [0.15, 0.2) is 6.07 Å². The van der Waals surface area contributed by atoms with Crippen molar-refractivity contribution in [2.24, 2.45) is 5.73 Å². The van der Waals surface area contributed by atoms with Gasteiger partial charge in [0.15, 0.2) is 5.82 Å². The molecule has 14 heavy (non-hydrogen) atoms. The highest BCUT2D eigenvalue weighted by Gasteiger charge is 2.25. The minimum Gasteiger partial charge on any atom is -0.352 e. The molecule has 0 aromatic carbocycles. The van der Waals surface area contributed by atoms with Gasteiger partial charge >= 0.3 is 0 Å². The van der Waals surface area contributed by atoms with E-state index in [2.05, 4.69) is 21.2 Å². The Kier molecular flexibility index (Phi) is 2.72. The Morgan fingerprint density at radius 3 is 3.21 bits per heavy atom. The van der Waals surface area contributed by atoms with Crippen molar-refractivity contribution in [2.45, 2.75) is 32.2 Å². The fourth-order valence-corrected chi connectivity index (χ4v) is 2.18. The number of nitrogens with zero attached hydrogens (tertiary/aromatic N) is 2. The minimum atomic E-state index is 0.600. The summed E-state index contributed by atoms with van der Waals surface area (Å²) >= 11 is 0. The minimum absolute atomic E-state index is 0.600. The smallest absolute Gasteiger partial charge is 0.150 e. The first-order valence-electron chi connectivity index (χ1n) is 5.30. The van der Waals surface area contributed by atoms with Gasteiger partial charge in [-0.15, -0.1) is 0 Å². The molecule has 0 aliphatic carbocycles. The lowest BCUT2D eigenvalue weighted by atomic mass is 10.1. The van der Waals surface area contributed by atoms with Gasteiger partial charge in [-0.2, -0.15) is 5.10 Å². The third-order valence-corrected chi connectivity index (χ3v) is 2.86. The van der Waals surface area contributed by atoms with Crippen LogP contribution in [0.3, 0.4) is 0 Å². The van der Waals surface area contributed by atoms with Crippen molar-refractivity contribution in [1.29, 1.82) is 0 Å². The zero-order valence-corrected chi connectivity index (χ0v) is 8.66. The third-order valence-electron chi connectivity index (χ3n) is 2.86. The number of aromatic amines is 1. The second-order valence-corrected chi connectivity index (χ2v) is 3.98. The van der Waals surface area contributed by atoms with Gasteiger partial charge in [0, 0.05) is 24.3 Å². The summed E-state index contributed by atoms with van der Waals surface area (Å²) in [6, 6.07) is 2.71. The highest BCUT2D eigenvalue weighted by atomic mass is 15.3. The number of H-pyrrole nitrogens is 1. The van der Waals surface area contributed by atoms with Crippen molar-refractivity contribution in [3.8, 4) is 0 Å². The van der Waals surface area contributed by atoms with E-state index < -0.39 is 0 Å². The first kappa shape index (κ1) is 9.52. The average molecular weight is 194 g/mol. The van der Waals surface area contributed by atoms with Crippen LogP contribution in [0.2, 0.25) is 0 Å². The molecule has 0 amide bonds. The topological polar surface area (TPSA) is 57.9 Å². The van der Waals surface area contributed by atoms with Crippen molar-refractivity contribution >= 4 is 5.82 Å². The highest BCUT2D eigenvalue weighted by Crippen LogP contribution is 2.25. The van der Waals surface area contributed by atoms with Gasteiger partial charge in [-0.05, 0) is 32.7 Å². The molecule has 1 aliphatic heterocycles. The van der Waals surface area contributed by atoms with Crippen LogP contribution in [0.4, 0.5) is 5.82 Å². The maximum absolute atomic E-state index is 5.60. The van der Waals surface area contributed by atoms with Crippen molar-refractivity contribution in [2.75, 3.05) is 18.0 Å². The molecule has 0 spiro atoms. The monoisotopic (exact) mass is 194 g/mol. The van der Waals surface area contributed by atoms with Crippen LogP contribution in [0.1, 0.15) is 25.0 Å². The zero-order chi connectivity index (χ0) is 9.97. The molecule has 1 fully saturated rings. The maximum Gasteiger partial charge on any atom is 0.150 e. The van der Waals surface area contributed by atoms with Crippen LogP contribution in [-0.2, 0) is 0 Å². The van der Waals surface area contributed by atoms with Crippen LogP contribution < -0.4 is 10.6 Å². The quantitative estimate of drug-likeness (QED) is 0.755. The van der Waals surface area contributed by atoms with Gasteiger partial charge in [0.2, 0.25) is 0 Å². The number of hydrogen-bond donors (Lipinski definition) is 2. The predicted molar refractivity (Wildman–Crippen MR) is 57.4 cm³/mol. The second-order valence-electron chi connectivity index (χ2n) is 3.98. The normalized spacial score (nSPS) is 21.9. The van der Waals surface area contributed by atoms with E-state index in [9.17, 15) is 0 Å². The molecule has 1 atom stereocenters. The summed E-state index contributed by atoms with van der Waals surface area (Å²) in [5.41, 5.74) is 6.72. The maximum atomic E-state index is 5.60. The lowest BCUT2D eigenvalue weighted by Gasteiger charge is -2.23. The first-order chi connectivity index (χ1) is 6.81. The van der Waals surface area contributed by atoms with E-state index in [0.717, 1.165) is 31.0 Å². The van der Waals surface area contributed by atoms with E-state index in [0.29, 0.717) is 6.04 Å². The molecule has 0 radical (unpaired) electrons. The van der Waals surface area contributed by atoms with Crippen LogP contribution in [0.5, 0.6) is 0 Å². The molecule has 1 aromatic heterocycles. The predicted octanol–water partition coefficient (Wildman–Crippen LogP) is 1.04. The number of aryl methyl sites for hydroxylation is 1. The third kappa shape index (κ3) is 1.75. The molecule has 0 saturated carbocycles. The van der Waals surface area contributed by atoms with Gasteiger partial charge in [-0.3, -0.25) is 5.10 Å². The molecule has 1 aromatic rings. The number of aromatic nitrogens is 2. The molecule has 3 N–H and O–H groups in total. The molecule has 2 heterocycles. The highest BCUT2D eigenvalue weighted by molar-refractivity contribution is 5.41. The summed E-state index contributed by atoms with van der Waals surface area (Å²) in [5.74, 6) is 1.08. The fourth-order valence-electron chi connectivity index (χ4n) is 2.18. The molecule has 4 nitrogen and oxygen atoms in total. The Bertz CT molecular complexity index is 294. The molecule has 1 unspecified atom stereocenters. The Morgan fingerprint density at radius 1 is 1.71 bits per heavy atom. The Labute approximate surface area is 84.5 Å². The molecular weight excluding hydrogens is 176 g/mol. The summed E-state index contributed by atoms with van der Waals surface area (Å²) in [4.78, 5) is 2.37. The summed E-state index contributed by atoms with van der Waals surface area (Å²) in [6.07, 6.45) is 3.59. The second kappa shape index (κ2) is 4.00. The lowest BCUT2D eigenvalue weighted by molar-refractivity contribution is 0.614. The van der Waals surface area contributed by atoms with Gasteiger partial charge in [0.05, 0.1) is 0 Å². The van der Waals surface area contributed by atoms with Gasteiger partial charge < -0.3 is 10.6 Å². The van der Waals surface area contributed by atoms with E-state index in [1.165, 1.54) is 12.8 Å². The molecule has 78 valence electrons. The number of nitrogens with two attached hydrogens (primary N) is 1. The average Bonchev–Trinajstić information content (AvgIpc) is 2.74. The van der Waals surface area contributed by atoms with E-state index in [1.54, 1.807) is 0 Å². The molecule has 4 heteroatoms. The molecule has 0 bridgehead atoms. The van der Waals surface area contributed by atoms with Gasteiger partial charge in [0.25, 0.3) is 0 Å². The van der Waals surface area contributed by atoms with Crippen molar-refractivity contribution in [3.05, 3.63) is 11.8 Å². The van der Waals surface area contributed by atoms with E-state index in [4.69, 9.17) is 5.73 Å². The zero-order valence-electron chi connectivity index (χ0n) is 8.66. The Morgan fingerprint density at radius 2 is 2.57 bits per heavy atom. The van der Waals surface area contributed by atoms with E-state index in [-0.39, 0.29) is 0 Å². The van der Waals surface area contributed by atoms with Gasteiger partial charge in [0.1, 0.15) is 0 Å². The lowest BCUT2D eigenvalue weighted by Crippen LogP contribution is -2.31.